The van der Waals surface area contributed by atoms with E-state index in [0.29, 0.717) is 0 Å². The summed E-state index contributed by atoms with van der Waals surface area (Å²) in [5.74, 6) is 1.13. The molecular formula is C21H28N2S. The molecule has 128 valence electrons. The fourth-order valence-electron chi connectivity index (χ4n) is 3.30. The Morgan fingerprint density at radius 2 is 1.62 bits per heavy atom. The lowest BCUT2D eigenvalue weighted by Gasteiger charge is -2.08. The number of aryl methyl sites for hydroxylation is 1. The van der Waals surface area contributed by atoms with Gasteiger partial charge in [0.05, 0.1) is 15.9 Å². The Kier molecular flexibility index (Phi) is 6.48. The Balaban J connectivity index is 1.60. The smallest absolute Gasteiger partial charge is 0.151 e. The molecule has 0 unspecified atom stereocenters. The molecule has 24 heavy (non-hydrogen) atoms. The Morgan fingerprint density at radius 1 is 0.875 bits per heavy atom. The minimum Gasteiger partial charge on any atom is -0.323 e. The molecular weight excluding hydrogens is 312 g/mol. The standard InChI is InChI=1S/C21H28N2S/c1-2-3-4-5-6-7-8-11-16-23-19-14-10-9-13-18(19)22-21(23)20-15-12-17-24-20/h9-10,12-15,17H,2-8,11,16H2,1H3. The topological polar surface area (TPSA) is 17.8 Å². The van der Waals surface area contributed by atoms with Crippen LogP contribution in [-0.4, -0.2) is 9.55 Å². The van der Waals surface area contributed by atoms with E-state index in [9.17, 15) is 0 Å². The molecule has 0 spiro atoms. The van der Waals surface area contributed by atoms with E-state index in [4.69, 9.17) is 4.98 Å². The molecule has 0 radical (unpaired) electrons. The molecule has 2 nitrogen and oxygen atoms in total. The number of unbranched alkanes of at least 4 members (excludes halogenated alkanes) is 7. The molecule has 0 fully saturated rings. The van der Waals surface area contributed by atoms with Crippen LogP contribution in [0.2, 0.25) is 0 Å². The number of rotatable bonds is 10. The Bertz CT molecular complexity index is 727. The van der Waals surface area contributed by atoms with Gasteiger partial charge in [-0.1, -0.05) is 70.1 Å². The van der Waals surface area contributed by atoms with Crippen LogP contribution in [0.4, 0.5) is 0 Å². The van der Waals surface area contributed by atoms with Crippen molar-refractivity contribution in [1.29, 1.82) is 0 Å². The largest absolute Gasteiger partial charge is 0.323 e. The highest BCUT2D eigenvalue weighted by molar-refractivity contribution is 7.13. The van der Waals surface area contributed by atoms with Gasteiger partial charge < -0.3 is 4.57 Å². The maximum absolute atomic E-state index is 4.88. The van der Waals surface area contributed by atoms with Gasteiger partial charge in [-0.2, -0.15) is 0 Å². The van der Waals surface area contributed by atoms with Crippen molar-refractivity contribution >= 4 is 22.4 Å². The number of aromatic nitrogens is 2. The van der Waals surface area contributed by atoms with Crippen LogP contribution in [0, 0.1) is 0 Å². The van der Waals surface area contributed by atoms with Crippen molar-refractivity contribution in [1.82, 2.24) is 9.55 Å². The predicted octanol–water partition coefficient (Wildman–Crippen LogP) is 6.91. The van der Waals surface area contributed by atoms with Crippen molar-refractivity contribution in [3.63, 3.8) is 0 Å². The van der Waals surface area contributed by atoms with Gasteiger partial charge >= 0.3 is 0 Å². The van der Waals surface area contributed by atoms with Gasteiger partial charge in [-0.25, -0.2) is 4.98 Å². The van der Waals surface area contributed by atoms with Crippen LogP contribution in [0.1, 0.15) is 58.3 Å². The van der Waals surface area contributed by atoms with Gasteiger partial charge in [-0.3, -0.25) is 0 Å². The summed E-state index contributed by atoms with van der Waals surface area (Å²) in [5, 5.41) is 2.13. The third-order valence-electron chi connectivity index (χ3n) is 4.63. The van der Waals surface area contributed by atoms with Crippen molar-refractivity contribution in [2.24, 2.45) is 0 Å². The molecule has 0 aliphatic rings. The third-order valence-corrected chi connectivity index (χ3v) is 5.50. The number of hydrogen-bond donors (Lipinski definition) is 0. The van der Waals surface area contributed by atoms with Crippen LogP contribution in [0.3, 0.4) is 0 Å². The van der Waals surface area contributed by atoms with Crippen LogP contribution >= 0.6 is 11.3 Å². The number of para-hydroxylation sites is 2. The van der Waals surface area contributed by atoms with Gasteiger partial charge in [-0.15, -0.1) is 11.3 Å². The van der Waals surface area contributed by atoms with E-state index in [0.717, 1.165) is 17.9 Å². The maximum Gasteiger partial charge on any atom is 0.151 e. The summed E-state index contributed by atoms with van der Waals surface area (Å²) in [6.45, 7) is 3.35. The number of hydrogen-bond acceptors (Lipinski definition) is 2. The molecule has 0 atom stereocenters. The minimum atomic E-state index is 1.07. The number of thiophene rings is 1. The lowest BCUT2D eigenvalue weighted by atomic mass is 10.1. The van der Waals surface area contributed by atoms with E-state index in [1.165, 1.54) is 61.8 Å². The monoisotopic (exact) mass is 340 g/mol. The molecule has 3 heteroatoms. The Labute approximate surface area is 149 Å². The zero-order valence-electron chi connectivity index (χ0n) is 14.7. The molecule has 1 aromatic carbocycles. The van der Waals surface area contributed by atoms with Crippen LogP contribution in [0.5, 0.6) is 0 Å². The number of nitrogens with zero attached hydrogens (tertiary/aromatic N) is 2. The highest BCUT2D eigenvalue weighted by atomic mass is 32.1. The Hall–Kier alpha value is -1.61. The molecule has 2 aromatic heterocycles. The second kappa shape index (κ2) is 9.03. The normalized spacial score (nSPS) is 11.4. The summed E-state index contributed by atoms with van der Waals surface area (Å²) in [6, 6.07) is 12.8. The highest BCUT2D eigenvalue weighted by Crippen LogP contribution is 2.28. The summed E-state index contributed by atoms with van der Waals surface area (Å²) < 4.78 is 2.41. The van der Waals surface area contributed by atoms with Crippen molar-refractivity contribution in [2.75, 3.05) is 0 Å². The van der Waals surface area contributed by atoms with Gasteiger partial charge in [0.15, 0.2) is 5.82 Å². The van der Waals surface area contributed by atoms with Gasteiger partial charge in [0, 0.05) is 6.54 Å². The molecule has 3 aromatic rings. The second-order valence-electron chi connectivity index (χ2n) is 6.53. The maximum atomic E-state index is 4.88. The van der Waals surface area contributed by atoms with Crippen LogP contribution in [0.25, 0.3) is 21.7 Å². The molecule has 0 aliphatic carbocycles. The summed E-state index contributed by atoms with van der Waals surface area (Å²) in [4.78, 5) is 6.15. The molecule has 0 aliphatic heterocycles. The molecule has 0 bridgehead atoms. The van der Waals surface area contributed by atoms with Gasteiger partial charge in [-0.05, 0) is 30.0 Å². The molecule has 0 N–H and O–H groups in total. The van der Waals surface area contributed by atoms with Gasteiger partial charge in [0.25, 0.3) is 0 Å². The van der Waals surface area contributed by atoms with Crippen LogP contribution in [0.15, 0.2) is 41.8 Å². The number of imidazole rings is 1. The fourth-order valence-corrected chi connectivity index (χ4v) is 4.02. The predicted molar refractivity (Wildman–Crippen MR) is 106 cm³/mol. The van der Waals surface area contributed by atoms with Crippen molar-refractivity contribution in [3.05, 3.63) is 41.8 Å². The van der Waals surface area contributed by atoms with Gasteiger partial charge in [0.2, 0.25) is 0 Å². The van der Waals surface area contributed by atoms with E-state index in [1.54, 1.807) is 11.3 Å². The van der Waals surface area contributed by atoms with E-state index in [2.05, 4.69) is 53.3 Å². The SMILES string of the molecule is CCCCCCCCCCn1c(-c2cccs2)nc2ccccc21. The highest BCUT2D eigenvalue weighted by Gasteiger charge is 2.12. The van der Waals surface area contributed by atoms with Crippen molar-refractivity contribution < 1.29 is 0 Å². The molecule has 0 saturated carbocycles. The fraction of sp³-hybridized carbons (Fsp3) is 0.476. The summed E-state index contributed by atoms with van der Waals surface area (Å²) >= 11 is 1.78. The van der Waals surface area contributed by atoms with E-state index >= 15 is 0 Å². The lowest BCUT2D eigenvalue weighted by Crippen LogP contribution is -2.00. The summed E-state index contributed by atoms with van der Waals surface area (Å²) in [5.41, 5.74) is 2.38. The average Bonchev–Trinajstić information content (AvgIpc) is 3.25. The quantitative estimate of drug-likeness (QED) is 0.367. The first-order chi connectivity index (χ1) is 11.9. The first kappa shape index (κ1) is 17.2. The van der Waals surface area contributed by atoms with E-state index in [1.807, 2.05) is 0 Å². The second-order valence-corrected chi connectivity index (χ2v) is 7.48. The molecule has 0 amide bonds. The Morgan fingerprint density at radius 3 is 2.38 bits per heavy atom. The minimum absolute atomic E-state index is 1.07. The average molecular weight is 341 g/mol. The number of benzene rings is 1. The zero-order chi connectivity index (χ0) is 16.6. The number of fused-ring (bicyclic) bond motifs is 1. The molecule has 0 saturated heterocycles. The zero-order valence-corrected chi connectivity index (χ0v) is 15.5. The molecule has 2 heterocycles. The first-order valence-corrected chi connectivity index (χ1v) is 10.3. The van der Waals surface area contributed by atoms with Crippen molar-refractivity contribution in [3.8, 4) is 10.7 Å². The van der Waals surface area contributed by atoms with Crippen LogP contribution < -0.4 is 0 Å². The third kappa shape index (κ3) is 4.27. The lowest BCUT2D eigenvalue weighted by molar-refractivity contribution is 0.549. The summed E-state index contributed by atoms with van der Waals surface area (Å²) in [6.07, 6.45) is 10.9. The van der Waals surface area contributed by atoms with E-state index < -0.39 is 0 Å². The molecule has 3 rings (SSSR count). The van der Waals surface area contributed by atoms with Crippen LogP contribution in [-0.2, 0) is 6.54 Å². The summed E-state index contributed by atoms with van der Waals surface area (Å²) in [7, 11) is 0. The first-order valence-electron chi connectivity index (χ1n) is 9.39. The van der Waals surface area contributed by atoms with Crippen molar-refractivity contribution in [2.45, 2.75) is 64.8 Å². The van der Waals surface area contributed by atoms with Gasteiger partial charge in [0.1, 0.15) is 0 Å². The van der Waals surface area contributed by atoms with E-state index in [-0.39, 0.29) is 0 Å².